The minimum absolute atomic E-state index is 0.0647. The molecule has 2 saturated heterocycles. The van der Waals surface area contributed by atoms with Crippen LogP contribution in [0.25, 0.3) is 0 Å². The van der Waals surface area contributed by atoms with Gasteiger partial charge in [-0.05, 0) is 83.3 Å². The number of nitrogens with zero attached hydrogens (tertiary/aromatic N) is 5. The summed E-state index contributed by atoms with van der Waals surface area (Å²) in [6.07, 6.45) is 0.410. The summed E-state index contributed by atoms with van der Waals surface area (Å²) in [7, 11) is 0. The topological polar surface area (TPSA) is 127 Å². The smallest absolute Gasteiger partial charge is 0.397 e. The van der Waals surface area contributed by atoms with Crippen molar-refractivity contribution in [1.29, 1.82) is 0 Å². The minimum atomic E-state index is -4.68. The van der Waals surface area contributed by atoms with E-state index in [4.69, 9.17) is 5.73 Å². The number of piperidine rings is 1. The molecule has 260 valence electrons. The normalized spacial score (nSPS) is 18.0. The fourth-order valence-corrected chi connectivity index (χ4v) is 7.47. The van der Waals surface area contributed by atoms with Gasteiger partial charge in [0.05, 0.1) is 11.3 Å². The number of nitrogens with two attached hydrogens (primary N) is 1. The van der Waals surface area contributed by atoms with Crippen LogP contribution in [0, 0.1) is 3.57 Å². The zero-order valence-corrected chi connectivity index (χ0v) is 28.9. The van der Waals surface area contributed by atoms with E-state index in [1.807, 2.05) is 41.3 Å². The standard InChI is InChI=1S/C34H38F3IN8O3/c35-34(36,37)26-19-22(20-27(38)30(26)39)21-29(31(47)44-17-15-43(16-18-44)24-5-10-40-11-6-24)42-32(48)45-12-8-25(9-13-45)46-14-7-23-3-1-2-4-28(23)41-33(46)49/h1-6,10-11,19-20,25,29H,7-9,12-18,21,39H2,(H,41,49)(H,42,48)/t29-/m1/s1. The van der Waals surface area contributed by atoms with Crippen LogP contribution in [0.5, 0.6) is 0 Å². The van der Waals surface area contributed by atoms with Crippen LogP contribution in [0.15, 0.2) is 60.9 Å². The number of urea groups is 2. The van der Waals surface area contributed by atoms with Crippen molar-refractivity contribution >= 4 is 57.6 Å². The predicted octanol–water partition coefficient (Wildman–Crippen LogP) is 4.81. The van der Waals surface area contributed by atoms with Crippen molar-refractivity contribution in [2.45, 2.75) is 43.9 Å². The Kier molecular flexibility index (Phi) is 10.4. The van der Waals surface area contributed by atoms with Gasteiger partial charge in [-0.25, -0.2) is 9.59 Å². The van der Waals surface area contributed by atoms with Gasteiger partial charge >= 0.3 is 18.2 Å². The molecule has 49 heavy (non-hydrogen) atoms. The SMILES string of the molecule is Nc1c(I)cc(C[C@@H](NC(=O)N2CCC(N3CCc4ccccc4NC3=O)CC2)C(=O)N2CCN(c3ccncc3)CC2)cc1C(F)(F)F. The van der Waals surface area contributed by atoms with E-state index in [9.17, 15) is 27.6 Å². The van der Waals surface area contributed by atoms with E-state index in [1.54, 1.807) is 44.8 Å². The zero-order chi connectivity index (χ0) is 34.7. The number of nitrogen functional groups attached to an aromatic ring is 1. The third-order valence-electron chi connectivity index (χ3n) is 9.48. The van der Waals surface area contributed by atoms with Gasteiger partial charge in [-0.15, -0.1) is 0 Å². The van der Waals surface area contributed by atoms with E-state index < -0.39 is 23.8 Å². The lowest BCUT2D eigenvalue weighted by Crippen LogP contribution is -2.58. The molecule has 3 aliphatic heterocycles. The second kappa shape index (κ2) is 14.7. The first-order valence-corrected chi connectivity index (χ1v) is 17.4. The van der Waals surface area contributed by atoms with Gasteiger partial charge in [0, 0.05) is 85.6 Å². The van der Waals surface area contributed by atoms with Gasteiger partial charge in [0.15, 0.2) is 0 Å². The van der Waals surface area contributed by atoms with Gasteiger partial charge in [0.1, 0.15) is 6.04 Å². The number of para-hydroxylation sites is 1. The molecule has 0 spiro atoms. The van der Waals surface area contributed by atoms with Gasteiger partial charge in [0.25, 0.3) is 0 Å². The molecule has 0 unspecified atom stereocenters. The summed E-state index contributed by atoms with van der Waals surface area (Å²) in [5.41, 5.74) is 7.53. The summed E-state index contributed by atoms with van der Waals surface area (Å²) in [6, 6.07) is 12.2. The zero-order valence-electron chi connectivity index (χ0n) is 26.8. The fraction of sp³-hybridized carbons (Fsp3) is 0.412. The van der Waals surface area contributed by atoms with Crippen LogP contribution in [0.2, 0.25) is 0 Å². The molecule has 0 saturated carbocycles. The highest BCUT2D eigenvalue weighted by atomic mass is 127. The quantitative estimate of drug-likeness (QED) is 0.243. The molecule has 11 nitrogen and oxygen atoms in total. The molecule has 5 amide bonds. The molecule has 4 N–H and O–H groups in total. The van der Waals surface area contributed by atoms with E-state index in [0.717, 1.165) is 29.4 Å². The molecular weight excluding hydrogens is 752 g/mol. The van der Waals surface area contributed by atoms with E-state index in [2.05, 4.69) is 20.5 Å². The number of nitrogens with one attached hydrogen (secondary N) is 2. The maximum absolute atomic E-state index is 14.0. The Morgan fingerprint density at radius 2 is 1.67 bits per heavy atom. The highest BCUT2D eigenvalue weighted by Gasteiger charge is 2.37. The Labute approximate surface area is 296 Å². The third kappa shape index (κ3) is 7.97. The van der Waals surface area contributed by atoms with Crippen LogP contribution in [0.1, 0.15) is 29.5 Å². The van der Waals surface area contributed by atoms with Crippen molar-refractivity contribution in [3.8, 4) is 0 Å². The maximum atomic E-state index is 14.0. The van der Waals surface area contributed by atoms with Crippen molar-refractivity contribution in [1.82, 2.24) is 25.0 Å². The Hall–Kier alpha value is -4.28. The molecule has 15 heteroatoms. The molecular formula is C34H38F3IN8O3. The monoisotopic (exact) mass is 790 g/mol. The number of likely N-dealkylation sites (tertiary alicyclic amines) is 1. The lowest BCUT2D eigenvalue weighted by Gasteiger charge is -2.39. The van der Waals surface area contributed by atoms with Crippen LogP contribution in [-0.4, -0.2) is 95.6 Å². The van der Waals surface area contributed by atoms with Crippen molar-refractivity contribution in [3.05, 3.63) is 81.2 Å². The van der Waals surface area contributed by atoms with Gasteiger partial charge in [-0.2, -0.15) is 13.2 Å². The van der Waals surface area contributed by atoms with Crippen molar-refractivity contribution < 1.29 is 27.6 Å². The van der Waals surface area contributed by atoms with E-state index in [1.165, 1.54) is 6.07 Å². The first-order chi connectivity index (χ1) is 23.5. The largest absolute Gasteiger partial charge is 0.418 e. The second-order valence-electron chi connectivity index (χ2n) is 12.5. The maximum Gasteiger partial charge on any atom is 0.418 e. The van der Waals surface area contributed by atoms with Crippen molar-refractivity contribution in [2.75, 3.05) is 61.8 Å². The van der Waals surface area contributed by atoms with Gasteiger partial charge < -0.3 is 36.0 Å². The number of carbonyl (C=O) groups is 3. The van der Waals surface area contributed by atoms with Crippen LogP contribution in [0.3, 0.4) is 0 Å². The van der Waals surface area contributed by atoms with Gasteiger partial charge in [-0.3, -0.25) is 9.78 Å². The van der Waals surface area contributed by atoms with Crippen LogP contribution < -0.4 is 21.3 Å². The number of carbonyl (C=O) groups excluding carboxylic acids is 3. The Bertz CT molecular complexity index is 1680. The van der Waals surface area contributed by atoms with Crippen molar-refractivity contribution in [2.24, 2.45) is 0 Å². The second-order valence-corrected chi connectivity index (χ2v) is 13.7. The number of anilines is 3. The van der Waals surface area contributed by atoms with Crippen LogP contribution >= 0.6 is 22.6 Å². The average Bonchev–Trinajstić information content (AvgIpc) is 3.27. The van der Waals surface area contributed by atoms with E-state index >= 15 is 0 Å². The summed E-state index contributed by atoms with van der Waals surface area (Å²) >= 11 is 1.76. The molecule has 2 fully saturated rings. The number of pyridine rings is 1. The lowest BCUT2D eigenvalue weighted by molar-refractivity contribution is -0.137. The molecule has 0 aliphatic carbocycles. The Morgan fingerprint density at radius 3 is 2.37 bits per heavy atom. The number of amides is 5. The molecule has 1 atom stereocenters. The number of rotatable bonds is 6. The highest BCUT2D eigenvalue weighted by Crippen LogP contribution is 2.37. The summed E-state index contributed by atoms with van der Waals surface area (Å²) in [5, 5.41) is 5.86. The summed E-state index contributed by atoms with van der Waals surface area (Å²) in [4.78, 5) is 52.0. The number of benzene rings is 2. The Balaban J connectivity index is 1.14. The number of piperazine rings is 1. The number of aromatic nitrogens is 1. The molecule has 1 aromatic heterocycles. The first kappa shape index (κ1) is 34.6. The molecule has 0 radical (unpaired) electrons. The third-order valence-corrected chi connectivity index (χ3v) is 10.4. The molecule has 2 aromatic carbocycles. The predicted molar refractivity (Wildman–Crippen MR) is 188 cm³/mol. The molecule has 0 bridgehead atoms. The number of halogens is 4. The van der Waals surface area contributed by atoms with E-state index in [0.29, 0.717) is 58.7 Å². The first-order valence-electron chi connectivity index (χ1n) is 16.3. The molecule has 3 aliphatic rings. The molecule has 3 aromatic rings. The summed E-state index contributed by atoms with van der Waals surface area (Å²) < 4.78 is 41.7. The average molecular weight is 791 g/mol. The Morgan fingerprint density at radius 1 is 0.980 bits per heavy atom. The van der Waals surface area contributed by atoms with Crippen molar-refractivity contribution in [3.63, 3.8) is 0 Å². The summed E-state index contributed by atoms with van der Waals surface area (Å²) in [5.74, 6) is -0.362. The molecule has 6 rings (SSSR count). The fourth-order valence-electron chi connectivity index (χ4n) is 6.78. The number of hydrogen-bond donors (Lipinski definition) is 3. The molecule has 4 heterocycles. The minimum Gasteiger partial charge on any atom is -0.397 e. The number of alkyl halides is 3. The van der Waals surface area contributed by atoms with Crippen LogP contribution in [-0.2, 0) is 23.8 Å². The lowest BCUT2D eigenvalue weighted by atomic mass is 10.0. The van der Waals surface area contributed by atoms with E-state index in [-0.39, 0.29) is 39.2 Å². The summed E-state index contributed by atoms with van der Waals surface area (Å²) in [6.45, 7) is 3.15. The van der Waals surface area contributed by atoms with Crippen LogP contribution in [0.4, 0.5) is 39.8 Å². The highest BCUT2D eigenvalue weighted by molar-refractivity contribution is 14.1. The number of fused-ring (bicyclic) bond motifs is 1. The number of hydrogen-bond acceptors (Lipinski definition) is 6. The van der Waals surface area contributed by atoms with Gasteiger partial charge in [-0.1, -0.05) is 18.2 Å². The van der Waals surface area contributed by atoms with Gasteiger partial charge in [0.2, 0.25) is 5.91 Å².